The molecule has 5 nitrogen and oxygen atoms in total. The lowest BCUT2D eigenvalue weighted by molar-refractivity contribution is 0.0914. The summed E-state index contributed by atoms with van der Waals surface area (Å²) in [7, 11) is 0. The van der Waals surface area contributed by atoms with Crippen molar-refractivity contribution < 1.29 is 9.59 Å². The Hall–Kier alpha value is -2.21. The number of carbonyl (C=O) groups is 2. The van der Waals surface area contributed by atoms with Crippen LogP contribution in [-0.4, -0.2) is 29.4 Å². The fourth-order valence-electron chi connectivity index (χ4n) is 2.22. The number of benzene rings is 1. The first-order valence-corrected chi connectivity index (χ1v) is 8.28. The number of nitrogens with zero attached hydrogens (tertiary/aromatic N) is 1. The zero-order chi connectivity index (χ0) is 17.0. The SMILES string of the molecule is Cc1cccc(C(=O)NCC(C)NC(=O)c2sc(C)nc2C)c1. The Balaban J connectivity index is 1.87. The highest BCUT2D eigenvalue weighted by molar-refractivity contribution is 7.13. The topological polar surface area (TPSA) is 71.1 Å². The fraction of sp³-hybridized carbons (Fsp3) is 0.353. The first-order chi connectivity index (χ1) is 10.9. The number of amides is 2. The third-order valence-corrected chi connectivity index (χ3v) is 4.41. The van der Waals surface area contributed by atoms with E-state index in [1.165, 1.54) is 11.3 Å². The van der Waals surface area contributed by atoms with Gasteiger partial charge in [0.05, 0.1) is 10.7 Å². The van der Waals surface area contributed by atoms with Gasteiger partial charge in [0, 0.05) is 18.2 Å². The van der Waals surface area contributed by atoms with Crippen molar-refractivity contribution in [3.8, 4) is 0 Å². The molecule has 0 radical (unpaired) electrons. The molecule has 2 rings (SSSR count). The predicted octanol–water partition coefficient (Wildman–Crippen LogP) is 2.62. The quantitative estimate of drug-likeness (QED) is 0.885. The third-order valence-electron chi connectivity index (χ3n) is 3.34. The molecular formula is C17H21N3O2S. The van der Waals surface area contributed by atoms with Crippen LogP contribution >= 0.6 is 11.3 Å². The summed E-state index contributed by atoms with van der Waals surface area (Å²) in [6.07, 6.45) is 0. The lowest BCUT2D eigenvalue weighted by Crippen LogP contribution is -2.41. The van der Waals surface area contributed by atoms with Crippen LogP contribution in [0.5, 0.6) is 0 Å². The van der Waals surface area contributed by atoms with Crippen LogP contribution < -0.4 is 10.6 Å². The smallest absolute Gasteiger partial charge is 0.263 e. The average Bonchev–Trinajstić information content (AvgIpc) is 2.83. The molecular weight excluding hydrogens is 310 g/mol. The molecule has 1 atom stereocenters. The minimum Gasteiger partial charge on any atom is -0.350 e. The van der Waals surface area contributed by atoms with Crippen molar-refractivity contribution in [2.45, 2.75) is 33.7 Å². The molecule has 2 amide bonds. The van der Waals surface area contributed by atoms with Gasteiger partial charge >= 0.3 is 0 Å². The van der Waals surface area contributed by atoms with Gasteiger partial charge in [-0.05, 0) is 39.8 Å². The number of thiazole rings is 1. The number of aromatic nitrogens is 1. The summed E-state index contributed by atoms with van der Waals surface area (Å²) >= 11 is 1.38. The maximum absolute atomic E-state index is 12.2. The number of nitrogens with one attached hydrogen (secondary N) is 2. The van der Waals surface area contributed by atoms with E-state index in [0.717, 1.165) is 16.3 Å². The lowest BCUT2D eigenvalue weighted by Gasteiger charge is -2.14. The highest BCUT2D eigenvalue weighted by Gasteiger charge is 2.16. The molecule has 1 aromatic carbocycles. The second-order valence-corrected chi connectivity index (χ2v) is 6.80. The van der Waals surface area contributed by atoms with E-state index in [-0.39, 0.29) is 17.9 Å². The zero-order valence-electron chi connectivity index (χ0n) is 13.8. The summed E-state index contributed by atoms with van der Waals surface area (Å²) in [6.45, 7) is 7.87. The van der Waals surface area contributed by atoms with E-state index in [1.54, 1.807) is 6.07 Å². The number of carbonyl (C=O) groups excluding carboxylic acids is 2. The predicted molar refractivity (Wildman–Crippen MR) is 92.0 cm³/mol. The molecule has 2 aromatic rings. The number of hydrogen-bond donors (Lipinski definition) is 2. The van der Waals surface area contributed by atoms with E-state index in [1.807, 2.05) is 45.9 Å². The van der Waals surface area contributed by atoms with Gasteiger partial charge in [-0.15, -0.1) is 11.3 Å². The fourth-order valence-corrected chi connectivity index (χ4v) is 3.04. The van der Waals surface area contributed by atoms with Crippen LogP contribution in [0.3, 0.4) is 0 Å². The molecule has 0 aliphatic heterocycles. The summed E-state index contributed by atoms with van der Waals surface area (Å²) in [6, 6.07) is 7.23. The number of hydrogen-bond acceptors (Lipinski definition) is 4. The van der Waals surface area contributed by atoms with Crippen molar-refractivity contribution >= 4 is 23.2 Å². The van der Waals surface area contributed by atoms with Gasteiger partial charge in [-0.3, -0.25) is 9.59 Å². The van der Waals surface area contributed by atoms with Crippen molar-refractivity contribution in [1.82, 2.24) is 15.6 Å². The van der Waals surface area contributed by atoms with E-state index < -0.39 is 0 Å². The van der Waals surface area contributed by atoms with E-state index in [2.05, 4.69) is 15.6 Å². The molecule has 1 aromatic heterocycles. The molecule has 0 aliphatic rings. The molecule has 1 heterocycles. The van der Waals surface area contributed by atoms with Gasteiger partial charge in [0.1, 0.15) is 4.88 Å². The van der Waals surface area contributed by atoms with Gasteiger partial charge in [0.2, 0.25) is 0 Å². The van der Waals surface area contributed by atoms with Gasteiger partial charge < -0.3 is 10.6 Å². The van der Waals surface area contributed by atoms with Crippen LogP contribution in [0.1, 0.15) is 43.2 Å². The number of rotatable bonds is 5. The van der Waals surface area contributed by atoms with Crippen molar-refractivity contribution in [3.05, 3.63) is 51.0 Å². The summed E-state index contributed by atoms with van der Waals surface area (Å²) < 4.78 is 0. The summed E-state index contributed by atoms with van der Waals surface area (Å²) in [5.41, 5.74) is 2.40. The monoisotopic (exact) mass is 331 g/mol. The largest absolute Gasteiger partial charge is 0.350 e. The summed E-state index contributed by atoms with van der Waals surface area (Å²) in [4.78, 5) is 29.2. The Morgan fingerprint density at radius 1 is 1.22 bits per heavy atom. The normalized spacial score (nSPS) is 11.8. The Bertz CT molecular complexity index is 724. The highest BCUT2D eigenvalue weighted by atomic mass is 32.1. The van der Waals surface area contributed by atoms with Crippen molar-refractivity contribution in [2.24, 2.45) is 0 Å². The van der Waals surface area contributed by atoms with Gasteiger partial charge in [-0.1, -0.05) is 17.7 Å². The Labute approximate surface area is 140 Å². The van der Waals surface area contributed by atoms with Crippen LogP contribution in [0.2, 0.25) is 0 Å². The maximum atomic E-state index is 12.2. The number of aryl methyl sites for hydroxylation is 3. The van der Waals surface area contributed by atoms with Crippen LogP contribution in [0.15, 0.2) is 24.3 Å². The Morgan fingerprint density at radius 3 is 2.57 bits per heavy atom. The summed E-state index contributed by atoms with van der Waals surface area (Å²) in [5, 5.41) is 6.59. The van der Waals surface area contributed by atoms with Crippen molar-refractivity contribution in [1.29, 1.82) is 0 Å². The second-order valence-electron chi connectivity index (χ2n) is 5.60. The van der Waals surface area contributed by atoms with Gasteiger partial charge in [-0.25, -0.2) is 4.98 Å². The van der Waals surface area contributed by atoms with Crippen LogP contribution in [-0.2, 0) is 0 Å². The molecule has 0 spiro atoms. The maximum Gasteiger partial charge on any atom is 0.263 e. The molecule has 0 bridgehead atoms. The molecule has 122 valence electrons. The molecule has 23 heavy (non-hydrogen) atoms. The molecule has 0 fully saturated rings. The van der Waals surface area contributed by atoms with Crippen molar-refractivity contribution in [2.75, 3.05) is 6.54 Å². The molecule has 0 saturated carbocycles. The van der Waals surface area contributed by atoms with Gasteiger partial charge in [-0.2, -0.15) is 0 Å². The molecule has 6 heteroatoms. The van der Waals surface area contributed by atoms with E-state index in [0.29, 0.717) is 17.0 Å². The average molecular weight is 331 g/mol. The van der Waals surface area contributed by atoms with Crippen molar-refractivity contribution in [3.63, 3.8) is 0 Å². The third kappa shape index (κ3) is 4.63. The van der Waals surface area contributed by atoms with E-state index in [4.69, 9.17) is 0 Å². The molecule has 0 saturated heterocycles. The van der Waals surface area contributed by atoms with Gasteiger partial charge in [0.15, 0.2) is 0 Å². The second kappa shape index (κ2) is 7.37. The molecule has 0 aliphatic carbocycles. The van der Waals surface area contributed by atoms with Crippen LogP contribution in [0.25, 0.3) is 0 Å². The van der Waals surface area contributed by atoms with Crippen LogP contribution in [0, 0.1) is 20.8 Å². The molecule has 1 unspecified atom stereocenters. The first kappa shape index (κ1) is 17.1. The molecule has 2 N–H and O–H groups in total. The van der Waals surface area contributed by atoms with Crippen LogP contribution in [0.4, 0.5) is 0 Å². The Kier molecular flexibility index (Phi) is 5.50. The van der Waals surface area contributed by atoms with E-state index in [9.17, 15) is 9.59 Å². The highest BCUT2D eigenvalue weighted by Crippen LogP contribution is 2.16. The Morgan fingerprint density at radius 2 is 1.96 bits per heavy atom. The summed E-state index contributed by atoms with van der Waals surface area (Å²) in [5.74, 6) is -0.287. The van der Waals surface area contributed by atoms with E-state index >= 15 is 0 Å². The van der Waals surface area contributed by atoms with Gasteiger partial charge in [0.25, 0.3) is 11.8 Å². The first-order valence-electron chi connectivity index (χ1n) is 7.46. The standard InChI is InChI=1S/C17H21N3O2S/c1-10-6-5-7-14(8-10)16(21)18-9-11(2)19-17(22)15-12(3)20-13(4)23-15/h5-8,11H,9H2,1-4H3,(H,18,21)(H,19,22). The zero-order valence-corrected chi connectivity index (χ0v) is 14.6. The minimum atomic E-state index is -0.168. The minimum absolute atomic E-state index is 0.139. The lowest BCUT2D eigenvalue weighted by atomic mass is 10.1.